The van der Waals surface area contributed by atoms with E-state index in [9.17, 15) is 9.59 Å². The van der Waals surface area contributed by atoms with Crippen LogP contribution in [0.25, 0.3) is 0 Å². The van der Waals surface area contributed by atoms with Gasteiger partial charge in [0, 0.05) is 24.1 Å². The molecule has 2 fully saturated rings. The van der Waals surface area contributed by atoms with E-state index < -0.39 is 6.09 Å². The van der Waals surface area contributed by atoms with Gasteiger partial charge in [0.15, 0.2) is 0 Å². The first kappa shape index (κ1) is 23.9. The zero-order valence-corrected chi connectivity index (χ0v) is 20.2. The van der Waals surface area contributed by atoms with Crippen molar-refractivity contribution in [3.05, 3.63) is 95.1 Å². The Bertz CT molecular complexity index is 1210. The van der Waals surface area contributed by atoms with E-state index in [0.717, 1.165) is 23.6 Å². The molecule has 5 rings (SSSR count). The number of anilines is 2. The van der Waals surface area contributed by atoms with Crippen molar-refractivity contribution in [2.75, 3.05) is 17.6 Å². The van der Waals surface area contributed by atoms with E-state index in [2.05, 4.69) is 40.2 Å². The molecule has 5 N–H and O–H groups in total. The van der Waals surface area contributed by atoms with Crippen LogP contribution < -0.4 is 21.7 Å². The number of rotatable bonds is 10. The summed E-state index contributed by atoms with van der Waals surface area (Å²) < 4.78 is 5.32. The molecular formula is C29H32N4O3. The Morgan fingerprint density at radius 1 is 0.917 bits per heavy atom. The molecule has 0 saturated heterocycles. The molecule has 0 bridgehead atoms. The topological polar surface area (TPSA) is 105 Å². The van der Waals surface area contributed by atoms with Crippen LogP contribution >= 0.6 is 0 Å². The van der Waals surface area contributed by atoms with Crippen LogP contribution in [-0.2, 0) is 17.9 Å². The molecule has 3 aromatic carbocycles. The molecule has 7 heteroatoms. The lowest BCUT2D eigenvalue weighted by Crippen LogP contribution is -2.23. The molecule has 3 aromatic rings. The van der Waals surface area contributed by atoms with Crippen molar-refractivity contribution in [2.24, 2.45) is 5.92 Å². The highest BCUT2D eigenvalue weighted by Gasteiger charge is 2.38. The average Bonchev–Trinajstić information content (AvgIpc) is 3.82. The average molecular weight is 485 g/mol. The fourth-order valence-electron chi connectivity index (χ4n) is 4.24. The number of hydrogen-bond donors (Lipinski definition) is 4. The van der Waals surface area contributed by atoms with Gasteiger partial charge in [-0.2, -0.15) is 0 Å². The molecular weight excluding hydrogens is 452 g/mol. The first-order chi connectivity index (χ1) is 17.5. The number of nitrogens with one attached hydrogen (secondary N) is 3. The van der Waals surface area contributed by atoms with Gasteiger partial charge >= 0.3 is 6.09 Å². The van der Waals surface area contributed by atoms with Gasteiger partial charge < -0.3 is 26.4 Å². The van der Waals surface area contributed by atoms with E-state index in [1.165, 1.54) is 24.8 Å². The lowest BCUT2D eigenvalue weighted by molar-refractivity contribution is 0.102. The predicted octanol–water partition coefficient (Wildman–Crippen LogP) is 4.80. The van der Waals surface area contributed by atoms with Crippen LogP contribution in [0.5, 0.6) is 0 Å². The first-order valence-corrected chi connectivity index (χ1v) is 12.5. The second-order valence-electron chi connectivity index (χ2n) is 9.71. The van der Waals surface area contributed by atoms with Crippen LogP contribution in [0, 0.1) is 5.92 Å². The molecule has 186 valence electrons. The smallest absolute Gasteiger partial charge is 0.407 e. The maximum atomic E-state index is 12.4. The van der Waals surface area contributed by atoms with Gasteiger partial charge in [-0.3, -0.25) is 4.79 Å². The Morgan fingerprint density at radius 2 is 1.64 bits per heavy atom. The Morgan fingerprint density at radius 3 is 2.36 bits per heavy atom. The first-order valence-electron chi connectivity index (χ1n) is 12.5. The number of alkyl carbamates (subject to hydrolysis) is 1. The summed E-state index contributed by atoms with van der Waals surface area (Å²) in [4.78, 5) is 24.6. The molecule has 0 aliphatic heterocycles. The highest BCUT2D eigenvalue weighted by Crippen LogP contribution is 2.41. The molecule has 2 unspecified atom stereocenters. The summed E-state index contributed by atoms with van der Waals surface area (Å²) in [7, 11) is 0. The van der Waals surface area contributed by atoms with Gasteiger partial charge in [-0.25, -0.2) is 4.79 Å². The van der Waals surface area contributed by atoms with Crippen LogP contribution in [-0.4, -0.2) is 24.6 Å². The van der Waals surface area contributed by atoms with Gasteiger partial charge in [0.25, 0.3) is 5.91 Å². The number of ether oxygens (including phenoxy) is 1. The number of carbonyl (C=O) groups excluding carboxylic acids is 2. The highest BCUT2D eigenvalue weighted by atomic mass is 16.5. The third-order valence-electron chi connectivity index (χ3n) is 6.80. The quantitative estimate of drug-likeness (QED) is 0.309. The number of nitrogens with two attached hydrogens (primary N) is 1. The minimum atomic E-state index is -0.480. The molecule has 7 nitrogen and oxygen atoms in total. The second-order valence-corrected chi connectivity index (χ2v) is 9.71. The summed E-state index contributed by atoms with van der Waals surface area (Å²) in [6, 6.07) is 23.1. The van der Waals surface area contributed by atoms with Gasteiger partial charge in [-0.05, 0) is 72.7 Å². The lowest BCUT2D eigenvalue weighted by Gasteiger charge is -2.10. The van der Waals surface area contributed by atoms with Crippen LogP contribution in [0.15, 0.2) is 72.8 Å². The van der Waals surface area contributed by atoms with Gasteiger partial charge in [0.05, 0.1) is 11.4 Å². The molecule has 2 aliphatic rings. The number of hydrogen-bond acceptors (Lipinski definition) is 5. The summed E-state index contributed by atoms with van der Waals surface area (Å²) in [5.41, 5.74) is 10.6. The second kappa shape index (κ2) is 10.8. The molecule has 2 saturated carbocycles. The molecule has 2 amide bonds. The normalized spacial score (nSPS) is 18.3. The molecule has 0 spiro atoms. The minimum absolute atomic E-state index is 0.120. The van der Waals surface area contributed by atoms with Gasteiger partial charge in [-0.1, -0.05) is 48.5 Å². The van der Waals surface area contributed by atoms with Crippen LogP contribution in [0.3, 0.4) is 0 Å². The van der Waals surface area contributed by atoms with Crippen molar-refractivity contribution >= 4 is 23.4 Å². The maximum absolute atomic E-state index is 12.4. The summed E-state index contributed by atoms with van der Waals surface area (Å²) >= 11 is 0. The zero-order chi connectivity index (χ0) is 24.9. The number of benzene rings is 3. The molecule has 2 aliphatic carbocycles. The monoisotopic (exact) mass is 484 g/mol. The number of para-hydroxylation sites is 2. The fraction of sp³-hybridized carbons (Fsp3) is 0.310. The highest BCUT2D eigenvalue weighted by molar-refractivity contribution is 6.05. The Hall–Kier alpha value is -3.84. The Labute approximate surface area is 211 Å². The minimum Gasteiger partial charge on any atom is -0.445 e. The molecule has 0 radical (unpaired) electrons. The van der Waals surface area contributed by atoms with E-state index >= 15 is 0 Å². The largest absolute Gasteiger partial charge is 0.445 e. The summed E-state index contributed by atoms with van der Waals surface area (Å²) in [5, 5.41) is 9.26. The van der Waals surface area contributed by atoms with Crippen molar-refractivity contribution in [2.45, 2.75) is 44.4 Å². The summed E-state index contributed by atoms with van der Waals surface area (Å²) in [5.74, 6) is 1.27. The van der Waals surface area contributed by atoms with Gasteiger partial charge in [0.1, 0.15) is 6.61 Å². The summed E-state index contributed by atoms with van der Waals surface area (Å²) in [6.07, 6.45) is 3.49. The van der Waals surface area contributed by atoms with Gasteiger partial charge in [0.2, 0.25) is 0 Å². The SMILES string of the molecule is Nc1ccccc1NC(=O)c1ccc(COC(=O)NCc2ccc(C3CC3NCC3CC3)cc2)cc1. The van der Waals surface area contributed by atoms with Crippen molar-refractivity contribution in [1.29, 1.82) is 0 Å². The maximum Gasteiger partial charge on any atom is 0.407 e. The standard InChI is InChI=1S/C29H32N4O3/c30-25-3-1-2-4-26(25)33-28(34)23-13-9-21(10-14-23)18-36-29(35)32-17-20-7-11-22(12-8-20)24-15-27(24)31-16-19-5-6-19/h1-4,7-14,19,24,27,31H,5-6,15-18,30H2,(H,32,35)(H,33,34). The van der Waals surface area contributed by atoms with E-state index in [1.807, 2.05) is 12.1 Å². The van der Waals surface area contributed by atoms with Crippen molar-refractivity contribution < 1.29 is 14.3 Å². The summed E-state index contributed by atoms with van der Waals surface area (Å²) in [6.45, 7) is 1.69. The Balaban J connectivity index is 1.02. The third-order valence-corrected chi connectivity index (χ3v) is 6.80. The van der Waals surface area contributed by atoms with E-state index in [-0.39, 0.29) is 12.5 Å². The molecule has 0 heterocycles. The fourth-order valence-corrected chi connectivity index (χ4v) is 4.24. The number of carbonyl (C=O) groups is 2. The third kappa shape index (κ3) is 6.43. The van der Waals surface area contributed by atoms with Crippen LogP contribution in [0.1, 0.15) is 52.2 Å². The van der Waals surface area contributed by atoms with E-state index in [0.29, 0.717) is 35.4 Å². The number of amides is 2. The van der Waals surface area contributed by atoms with E-state index in [1.54, 1.807) is 36.4 Å². The number of nitrogen functional groups attached to an aromatic ring is 1. The molecule has 36 heavy (non-hydrogen) atoms. The van der Waals surface area contributed by atoms with Crippen molar-refractivity contribution in [1.82, 2.24) is 10.6 Å². The van der Waals surface area contributed by atoms with Crippen molar-refractivity contribution in [3.63, 3.8) is 0 Å². The molecule has 2 atom stereocenters. The van der Waals surface area contributed by atoms with Crippen LogP contribution in [0.4, 0.5) is 16.2 Å². The van der Waals surface area contributed by atoms with E-state index in [4.69, 9.17) is 10.5 Å². The lowest BCUT2D eigenvalue weighted by atomic mass is 10.1. The van der Waals surface area contributed by atoms with Crippen molar-refractivity contribution in [3.8, 4) is 0 Å². The zero-order valence-electron chi connectivity index (χ0n) is 20.2. The Kier molecular flexibility index (Phi) is 7.18. The predicted molar refractivity (Wildman–Crippen MR) is 141 cm³/mol. The molecule has 0 aromatic heterocycles. The van der Waals surface area contributed by atoms with Gasteiger partial charge in [-0.15, -0.1) is 0 Å². The van der Waals surface area contributed by atoms with Crippen LogP contribution in [0.2, 0.25) is 0 Å².